The molecule has 0 aromatic heterocycles. The lowest BCUT2D eigenvalue weighted by Crippen LogP contribution is -2.30. The van der Waals surface area contributed by atoms with Crippen LogP contribution in [0.15, 0.2) is 146 Å². The number of hydrogen-bond acceptors (Lipinski definition) is 14. The normalized spacial score (nSPS) is 15.2. The van der Waals surface area contributed by atoms with E-state index in [-0.39, 0.29) is 19.3 Å². The van der Waals surface area contributed by atoms with Crippen LogP contribution < -0.4 is 0 Å². The molecule has 0 rings (SSSR count). The molecule has 0 saturated carbocycles. The lowest BCUT2D eigenvalue weighted by molar-refractivity contribution is -0.161. The van der Waals surface area contributed by atoms with Crippen molar-refractivity contribution >= 4 is 33.6 Å². The molecule has 0 saturated heterocycles. The summed E-state index contributed by atoms with van der Waals surface area (Å²) in [5.74, 6) is -1.66. The van der Waals surface area contributed by atoms with E-state index in [0.717, 1.165) is 154 Å². The number of unbranched alkanes of at least 4 members (excludes halogenated alkanes) is 14. The van der Waals surface area contributed by atoms with E-state index in [1.54, 1.807) is 0 Å². The number of ether oxygens (including phenoxy) is 3. The molecule has 0 aliphatic carbocycles. The molecule has 4 N–H and O–H groups in total. The molecule has 89 heavy (non-hydrogen) atoms. The summed E-state index contributed by atoms with van der Waals surface area (Å²) in [7, 11) is -9.80. The molecule has 16 nitrogen and oxygen atoms in total. The average molecular weight is 1290 g/mol. The highest BCUT2D eigenvalue weighted by Crippen LogP contribution is 2.45. The van der Waals surface area contributed by atoms with Crippen molar-refractivity contribution in [1.29, 1.82) is 0 Å². The quantitative estimate of drug-likeness (QED) is 0.0146. The first kappa shape index (κ1) is 84.4. The van der Waals surface area contributed by atoms with Crippen molar-refractivity contribution in [1.82, 2.24) is 0 Å². The Kier molecular flexibility index (Phi) is 60.3. The van der Waals surface area contributed by atoms with Gasteiger partial charge in [0, 0.05) is 19.3 Å². The van der Waals surface area contributed by atoms with Gasteiger partial charge in [-0.05, 0) is 135 Å². The minimum absolute atomic E-state index is 0.0834. The Bertz CT molecular complexity index is 2210. The van der Waals surface area contributed by atoms with Gasteiger partial charge in [0.25, 0.3) is 0 Å². The zero-order valence-electron chi connectivity index (χ0n) is 54.5. The molecule has 0 aromatic rings. The van der Waals surface area contributed by atoms with Gasteiger partial charge >= 0.3 is 33.6 Å². The van der Waals surface area contributed by atoms with E-state index in [9.17, 15) is 43.5 Å². The zero-order valence-corrected chi connectivity index (χ0v) is 56.3. The zero-order chi connectivity index (χ0) is 65.3. The van der Waals surface area contributed by atoms with Crippen LogP contribution in [-0.2, 0) is 55.8 Å². The molecule has 0 spiro atoms. The van der Waals surface area contributed by atoms with Crippen LogP contribution in [0.2, 0.25) is 0 Å². The lowest BCUT2D eigenvalue weighted by atomic mass is 10.1. The summed E-state index contributed by atoms with van der Waals surface area (Å²) in [5, 5.41) is 20.5. The summed E-state index contributed by atoms with van der Waals surface area (Å²) in [4.78, 5) is 58.2. The van der Waals surface area contributed by atoms with Crippen molar-refractivity contribution in [3.05, 3.63) is 146 Å². The van der Waals surface area contributed by atoms with Gasteiger partial charge in [-0.1, -0.05) is 218 Å². The molecule has 0 bridgehead atoms. The van der Waals surface area contributed by atoms with Crippen LogP contribution in [0.1, 0.15) is 226 Å². The monoisotopic (exact) mass is 1290 g/mol. The highest BCUT2D eigenvalue weighted by molar-refractivity contribution is 7.47. The SMILES string of the molecule is CC/C=C\C/C=C\C/C=C\C/C=C\C/C=C\C/C=C\CCCCC(=O)OCC(O)COP(=O)(O)OCC(O)COP(=O)(O)OCC(COC(=O)CCCCCCC/C=C\C/C=C\C/C=C\C/C=C\C/C=C\CC)OC(=O)CCCCCCC/C=C\CCCC. The molecule has 5 atom stereocenters. The highest BCUT2D eigenvalue weighted by Gasteiger charge is 2.29. The fourth-order valence-electron chi connectivity index (χ4n) is 7.99. The molecule has 0 heterocycles. The minimum atomic E-state index is -4.94. The molecular formula is C71H116O16P2. The van der Waals surface area contributed by atoms with Crippen LogP contribution in [-0.4, -0.2) is 95.9 Å². The second kappa shape index (κ2) is 63.6. The molecule has 0 fully saturated rings. The van der Waals surface area contributed by atoms with Gasteiger partial charge in [-0.3, -0.25) is 32.5 Å². The van der Waals surface area contributed by atoms with Crippen LogP contribution in [0.25, 0.3) is 0 Å². The Morgan fingerprint density at radius 2 is 0.596 bits per heavy atom. The number of phosphoric ester groups is 2. The maximum atomic E-state index is 12.9. The Labute approximate surface area is 537 Å². The Balaban J connectivity index is 4.68. The van der Waals surface area contributed by atoms with E-state index < -0.39 is 91.5 Å². The van der Waals surface area contributed by atoms with Crippen LogP contribution in [0.5, 0.6) is 0 Å². The van der Waals surface area contributed by atoms with Gasteiger partial charge in [-0.25, -0.2) is 9.13 Å². The predicted molar refractivity (Wildman–Crippen MR) is 362 cm³/mol. The number of aliphatic hydroxyl groups excluding tert-OH is 2. The van der Waals surface area contributed by atoms with Gasteiger partial charge in [0.05, 0.1) is 26.4 Å². The van der Waals surface area contributed by atoms with Gasteiger partial charge < -0.3 is 34.2 Å². The number of rotatable bonds is 61. The van der Waals surface area contributed by atoms with Crippen LogP contribution in [0.4, 0.5) is 0 Å². The van der Waals surface area contributed by atoms with Crippen LogP contribution in [0.3, 0.4) is 0 Å². The van der Waals surface area contributed by atoms with E-state index in [1.165, 1.54) is 12.8 Å². The van der Waals surface area contributed by atoms with Gasteiger partial charge in [-0.2, -0.15) is 0 Å². The average Bonchev–Trinajstić information content (AvgIpc) is 3.64. The molecule has 0 aromatic carbocycles. The topological polar surface area (TPSA) is 231 Å². The summed E-state index contributed by atoms with van der Waals surface area (Å²) in [6.45, 7) is 2.27. The first-order valence-corrected chi connectivity index (χ1v) is 36.1. The first-order valence-electron chi connectivity index (χ1n) is 33.1. The number of esters is 3. The molecule has 0 aliphatic rings. The third-order valence-electron chi connectivity index (χ3n) is 13.0. The third kappa shape index (κ3) is 64.8. The lowest BCUT2D eigenvalue weighted by Gasteiger charge is -2.21. The van der Waals surface area contributed by atoms with E-state index >= 15 is 0 Å². The highest BCUT2D eigenvalue weighted by atomic mass is 31.2. The van der Waals surface area contributed by atoms with E-state index in [4.69, 9.17) is 32.3 Å². The van der Waals surface area contributed by atoms with Gasteiger partial charge in [0.2, 0.25) is 0 Å². The molecule has 18 heteroatoms. The standard InChI is InChI=1S/C71H116O16P2/c1-4-7-10-13-16-19-22-24-26-28-30-32-34-36-38-40-43-45-48-51-54-57-69(74)81-60-66(72)61-83-88(77,78)84-62-67(73)63-85-89(79,80)86-65-68(87-71(76)59-56-53-50-47-42-21-18-15-12-9-6-3)64-82-70(75)58-55-52-49-46-44-41-39-37-35-33-31-29-27-25-23-20-17-14-11-8-5-2/h7-8,10-11,15-20,24-27,30-33,36-39,43,45,66-68,72-73H,4-6,9,12-14,21-23,28-29,34-35,40-42,44,46-65H2,1-3H3,(H,77,78)(H,79,80)/b10-7-,11-8-,18-15-,19-16-,20-17-,26-24-,27-25-,32-30-,33-31-,38-36-,39-37-,45-43-. The summed E-state index contributed by atoms with van der Waals surface area (Å²) in [5.41, 5.74) is 0. The summed E-state index contributed by atoms with van der Waals surface area (Å²) < 4.78 is 60.7. The number of aliphatic hydroxyl groups is 2. The molecular weight excluding hydrogens is 1170 g/mol. The van der Waals surface area contributed by atoms with Gasteiger partial charge in [0.1, 0.15) is 25.4 Å². The minimum Gasteiger partial charge on any atom is -0.463 e. The van der Waals surface area contributed by atoms with Crippen LogP contribution >= 0.6 is 15.6 Å². The van der Waals surface area contributed by atoms with E-state index in [2.05, 4.69) is 167 Å². The molecule has 0 amide bonds. The van der Waals surface area contributed by atoms with Crippen molar-refractivity contribution in [3.63, 3.8) is 0 Å². The second-order valence-electron chi connectivity index (χ2n) is 21.5. The molecule has 506 valence electrons. The van der Waals surface area contributed by atoms with Crippen molar-refractivity contribution in [2.45, 2.75) is 245 Å². The van der Waals surface area contributed by atoms with E-state index in [0.29, 0.717) is 19.3 Å². The predicted octanol–water partition coefficient (Wildman–Crippen LogP) is 18.2. The van der Waals surface area contributed by atoms with Crippen molar-refractivity contribution in [2.24, 2.45) is 0 Å². The van der Waals surface area contributed by atoms with Crippen LogP contribution in [0, 0.1) is 0 Å². The third-order valence-corrected chi connectivity index (χ3v) is 14.9. The maximum Gasteiger partial charge on any atom is 0.472 e. The number of carbonyl (C=O) groups is 3. The molecule has 0 radical (unpaired) electrons. The Hall–Kier alpha value is -4.57. The number of carbonyl (C=O) groups excluding carboxylic acids is 3. The fourth-order valence-corrected chi connectivity index (χ4v) is 9.58. The van der Waals surface area contributed by atoms with Crippen molar-refractivity contribution in [3.8, 4) is 0 Å². The largest absolute Gasteiger partial charge is 0.472 e. The van der Waals surface area contributed by atoms with Gasteiger partial charge in [-0.15, -0.1) is 0 Å². The van der Waals surface area contributed by atoms with Crippen molar-refractivity contribution < 1.29 is 75.8 Å². The Morgan fingerprint density at radius 1 is 0.326 bits per heavy atom. The van der Waals surface area contributed by atoms with Gasteiger partial charge in [0.15, 0.2) is 6.10 Å². The molecule has 0 aliphatic heterocycles. The number of phosphoric acid groups is 2. The summed E-state index contributed by atoms with van der Waals surface area (Å²) in [6, 6.07) is 0. The maximum absolute atomic E-state index is 12.9. The first-order chi connectivity index (χ1) is 43.2. The van der Waals surface area contributed by atoms with Crippen molar-refractivity contribution in [2.75, 3.05) is 39.6 Å². The molecule has 5 unspecified atom stereocenters. The number of hydrogen-bond donors (Lipinski definition) is 4. The fraction of sp³-hybridized carbons (Fsp3) is 0.620. The van der Waals surface area contributed by atoms with E-state index in [1.807, 2.05) is 0 Å². The summed E-state index contributed by atoms with van der Waals surface area (Å²) in [6.07, 6.45) is 74.8. The smallest absolute Gasteiger partial charge is 0.463 e. The summed E-state index contributed by atoms with van der Waals surface area (Å²) >= 11 is 0. The second-order valence-corrected chi connectivity index (χ2v) is 24.4. The Morgan fingerprint density at radius 3 is 0.978 bits per heavy atom. The number of allylic oxidation sites excluding steroid dienone is 24.